The summed E-state index contributed by atoms with van der Waals surface area (Å²) < 4.78 is 5.25. The first-order valence-electron chi connectivity index (χ1n) is 6.32. The van der Waals surface area contributed by atoms with Crippen LogP contribution < -0.4 is 11.1 Å². The second-order valence-corrected chi connectivity index (χ2v) is 4.43. The van der Waals surface area contributed by atoms with Crippen LogP contribution in [0.1, 0.15) is 34.2 Å². The van der Waals surface area contributed by atoms with Gasteiger partial charge in [-0.15, -0.1) is 0 Å². The van der Waals surface area contributed by atoms with Gasteiger partial charge in [0.15, 0.2) is 0 Å². The van der Waals surface area contributed by atoms with E-state index in [1.165, 1.54) is 0 Å². The number of carbonyl (C=O) groups excluding carboxylic acids is 1. The average molecular weight is 258 g/mol. The maximum absolute atomic E-state index is 12.1. The molecule has 0 aliphatic rings. The number of anilines is 1. The summed E-state index contributed by atoms with van der Waals surface area (Å²) >= 11 is 0. The second kappa shape index (κ2) is 5.61. The molecule has 1 amide bonds. The molecule has 0 aliphatic heterocycles. The molecule has 0 radical (unpaired) electrons. The fourth-order valence-electron chi connectivity index (χ4n) is 1.98. The zero-order chi connectivity index (χ0) is 13.8. The lowest BCUT2D eigenvalue weighted by Crippen LogP contribution is -2.23. The monoisotopic (exact) mass is 258 g/mol. The van der Waals surface area contributed by atoms with Gasteiger partial charge in [0.1, 0.15) is 5.76 Å². The van der Waals surface area contributed by atoms with Gasteiger partial charge in [0.25, 0.3) is 5.91 Å². The largest absolute Gasteiger partial charge is 0.469 e. The molecule has 1 aromatic carbocycles. The van der Waals surface area contributed by atoms with Crippen molar-refractivity contribution in [3.63, 3.8) is 0 Å². The Morgan fingerprint density at radius 1 is 1.37 bits per heavy atom. The van der Waals surface area contributed by atoms with Gasteiger partial charge in [-0.3, -0.25) is 4.79 Å². The Balaban J connectivity index is 2.07. The summed E-state index contributed by atoms with van der Waals surface area (Å²) in [5, 5.41) is 2.89. The van der Waals surface area contributed by atoms with Crippen molar-refractivity contribution < 1.29 is 9.21 Å². The van der Waals surface area contributed by atoms with Crippen LogP contribution in [0.2, 0.25) is 0 Å². The van der Waals surface area contributed by atoms with Crippen molar-refractivity contribution in [1.82, 2.24) is 5.32 Å². The molecule has 2 aromatic rings. The highest BCUT2D eigenvalue weighted by Gasteiger charge is 2.13. The molecule has 1 heterocycles. The van der Waals surface area contributed by atoms with E-state index >= 15 is 0 Å². The van der Waals surface area contributed by atoms with Crippen LogP contribution in [0, 0.1) is 6.92 Å². The van der Waals surface area contributed by atoms with Gasteiger partial charge < -0.3 is 15.5 Å². The van der Waals surface area contributed by atoms with Crippen molar-refractivity contribution in [3.05, 3.63) is 53.0 Å². The highest BCUT2D eigenvalue weighted by Crippen LogP contribution is 2.16. The molecule has 0 unspecified atom stereocenters. The van der Waals surface area contributed by atoms with E-state index < -0.39 is 0 Å². The number of amides is 1. The Kier molecular flexibility index (Phi) is 3.90. The van der Waals surface area contributed by atoms with E-state index in [0.29, 0.717) is 24.3 Å². The molecule has 3 N–H and O–H groups in total. The number of furan rings is 1. The smallest absolute Gasteiger partial charge is 0.255 e. The van der Waals surface area contributed by atoms with E-state index in [-0.39, 0.29) is 5.91 Å². The highest BCUT2D eigenvalue weighted by atomic mass is 16.3. The molecule has 4 nitrogen and oxygen atoms in total. The zero-order valence-corrected chi connectivity index (χ0v) is 11.2. The zero-order valence-electron chi connectivity index (χ0n) is 11.2. The van der Waals surface area contributed by atoms with E-state index in [1.54, 1.807) is 12.3 Å². The van der Waals surface area contributed by atoms with Gasteiger partial charge in [-0.2, -0.15) is 0 Å². The van der Waals surface area contributed by atoms with E-state index in [1.807, 2.05) is 32.0 Å². The fourth-order valence-corrected chi connectivity index (χ4v) is 1.98. The minimum atomic E-state index is -0.118. The van der Waals surface area contributed by atoms with Crippen molar-refractivity contribution in [1.29, 1.82) is 0 Å². The van der Waals surface area contributed by atoms with Gasteiger partial charge in [0.05, 0.1) is 11.8 Å². The summed E-state index contributed by atoms with van der Waals surface area (Å²) in [6.07, 6.45) is 2.24. The van der Waals surface area contributed by atoms with Crippen molar-refractivity contribution in [2.75, 3.05) is 5.73 Å². The van der Waals surface area contributed by atoms with E-state index in [0.717, 1.165) is 16.8 Å². The lowest BCUT2D eigenvalue weighted by Gasteiger charge is -2.09. The predicted molar refractivity (Wildman–Crippen MR) is 74.8 cm³/mol. The van der Waals surface area contributed by atoms with Crippen molar-refractivity contribution in [2.24, 2.45) is 0 Å². The Labute approximate surface area is 112 Å². The van der Waals surface area contributed by atoms with Gasteiger partial charge >= 0.3 is 0 Å². The molecular formula is C15H18N2O2. The summed E-state index contributed by atoms with van der Waals surface area (Å²) in [6, 6.07) is 7.40. The van der Waals surface area contributed by atoms with Crippen LogP contribution in [0.3, 0.4) is 0 Å². The van der Waals surface area contributed by atoms with E-state index in [4.69, 9.17) is 10.2 Å². The molecular weight excluding hydrogens is 240 g/mol. The molecule has 2 rings (SSSR count). The average Bonchev–Trinajstić information content (AvgIpc) is 2.88. The van der Waals surface area contributed by atoms with E-state index in [2.05, 4.69) is 5.32 Å². The first-order chi connectivity index (χ1) is 9.13. The summed E-state index contributed by atoms with van der Waals surface area (Å²) in [5.74, 6) is 0.592. The lowest BCUT2D eigenvalue weighted by molar-refractivity contribution is 0.0949. The first kappa shape index (κ1) is 13.2. The van der Waals surface area contributed by atoms with Gasteiger partial charge in [0, 0.05) is 18.7 Å². The fraction of sp³-hybridized carbons (Fsp3) is 0.267. The highest BCUT2D eigenvalue weighted by molar-refractivity contribution is 5.95. The molecule has 19 heavy (non-hydrogen) atoms. The molecule has 1 aromatic heterocycles. The molecule has 0 aliphatic carbocycles. The van der Waals surface area contributed by atoms with Crippen molar-refractivity contribution >= 4 is 11.6 Å². The van der Waals surface area contributed by atoms with Gasteiger partial charge in [-0.1, -0.05) is 19.1 Å². The van der Waals surface area contributed by atoms with Crippen LogP contribution in [0.25, 0.3) is 0 Å². The van der Waals surface area contributed by atoms with Crippen LogP contribution in [-0.2, 0) is 13.0 Å². The Morgan fingerprint density at radius 2 is 2.16 bits per heavy atom. The molecule has 100 valence electrons. The minimum absolute atomic E-state index is 0.118. The molecule has 0 bridgehead atoms. The van der Waals surface area contributed by atoms with Crippen LogP contribution in [0.5, 0.6) is 0 Å². The number of aryl methyl sites for hydroxylation is 1. The topological polar surface area (TPSA) is 68.3 Å². The van der Waals surface area contributed by atoms with Crippen LogP contribution >= 0.6 is 0 Å². The van der Waals surface area contributed by atoms with Crippen LogP contribution in [-0.4, -0.2) is 5.91 Å². The number of benzene rings is 1. The van der Waals surface area contributed by atoms with Crippen LogP contribution in [0.4, 0.5) is 5.69 Å². The maximum atomic E-state index is 12.1. The van der Waals surface area contributed by atoms with Crippen LogP contribution in [0.15, 0.2) is 34.9 Å². The third kappa shape index (κ3) is 2.78. The Bertz CT molecular complexity index is 588. The first-order valence-corrected chi connectivity index (χ1v) is 6.32. The summed E-state index contributed by atoms with van der Waals surface area (Å²) in [5.41, 5.74) is 9.21. The standard InChI is InChI=1S/C15H18N2O2/c1-3-14-12(7-8-19-14)15(18)17-9-11-5-4-6-13(16)10(11)2/h4-8H,3,9,16H2,1-2H3,(H,17,18). The number of nitrogens with two attached hydrogens (primary N) is 1. The minimum Gasteiger partial charge on any atom is -0.469 e. The predicted octanol–water partition coefficient (Wildman–Crippen LogP) is 2.66. The Morgan fingerprint density at radius 3 is 2.89 bits per heavy atom. The molecule has 0 fully saturated rings. The third-order valence-corrected chi connectivity index (χ3v) is 3.24. The summed E-state index contributed by atoms with van der Waals surface area (Å²) in [4.78, 5) is 12.1. The van der Waals surface area contributed by atoms with Crippen molar-refractivity contribution in [2.45, 2.75) is 26.8 Å². The quantitative estimate of drug-likeness (QED) is 0.828. The lowest BCUT2D eigenvalue weighted by atomic mass is 10.1. The van der Waals surface area contributed by atoms with Gasteiger partial charge in [0.2, 0.25) is 0 Å². The molecule has 0 saturated heterocycles. The SMILES string of the molecule is CCc1occc1C(=O)NCc1cccc(N)c1C. The number of hydrogen-bond donors (Lipinski definition) is 2. The molecule has 0 saturated carbocycles. The third-order valence-electron chi connectivity index (χ3n) is 3.24. The van der Waals surface area contributed by atoms with Gasteiger partial charge in [-0.05, 0) is 30.2 Å². The summed E-state index contributed by atoms with van der Waals surface area (Å²) in [7, 11) is 0. The summed E-state index contributed by atoms with van der Waals surface area (Å²) in [6.45, 7) is 4.37. The maximum Gasteiger partial charge on any atom is 0.255 e. The molecule has 4 heteroatoms. The number of hydrogen-bond acceptors (Lipinski definition) is 3. The van der Waals surface area contributed by atoms with E-state index in [9.17, 15) is 4.79 Å². The second-order valence-electron chi connectivity index (χ2n) is 4.43. The molecule has 0 spiro atoms. The number of carbonyl (C=O) groups is 1. The molecule has 0 atom stereocenters. The number of rotatable bonds is 4. The number of nitrogens with one attached hydrogen (secondary N) is 1. The van der Waals surface area contributed by atoms with Gasteiger partial charge in [-0.25, -0.2) is 0 Å². The number of nitrogen functional groups attached to an aromatic ring is 1. The Hall–Kier alpha value is -2.23. The van der Waals surface area contributed by atoms with Crippen molar-refractivity contribution in [3.8, 4) is 0 Å². The normalized spacial score (nSPS) is 10.4.